The van der Waals surface area contributed by atoms with Crippen molar-refractivity contribution in [3.63, 3.8) is 0 Å². The third kappa shape index (κ3) is 5.03. The summed E-state index contributed by atoms with van der Waals surface area (Å²) in [5.74, 6) is 0.145. The Morgan fingerprint density at radius 1 is 1.30 bits per heavy atom. The van der Waals surface area contributed by atoms with Gasteiger partial charge in [0.1, 0.15) is 6.54 Å². The number of anilines is 1. The largest absolute Gasteiger partial charge is 0.381 e. The maximum absolute atomic E-state index is 11.9. The van der Waals surface area contributed by atoms with Crippen LogP contribution in [0.5, 0.6) is 0 Å². The van der Waals surface area contributed by atoms with E-state index in [1.54, 1.807) is 6.20 Å². The van der Waals surface area contributed by atoms with E-state index in [0.717, 1.165) is 4.68 Å². The van der Waals surface area contributed by atoms with Gasteiger partial charge in [0.25, 0.3) is 5.56 Å². The van der Waals surface area contributed by atoms with Crippen molar-refractivity contribution < 1.29 is 4.79 Å². The summed E-state index contributed by atoms with van der Waals surface area (Å²) in [4.78, 5) is 23.7. The molecule has 0 saturated carbocycles. The Hall–Kier alpha value is -1.85. The third-order valence-electron chi connectivity index (χ3n) is 3.01. The Bertz CT molecular complexity index is 508. The van der Waals surface area contributed by atoms with Crippen molar-refractivity contribution in [2.24, 2.45) is 5.92 Å². The molecule has 1 aromatic heterocycles. The van der Waals surface area contributed by atoms with Crippen LogP contribution in [-0.2, 0) is 11.3 Å². The summed E-state index contributed by atoms with van der Waals surface area (Å²) in [5, 5.41) is 9.95. The molecule has 1 heterocycles. The fraction of sp³-hybridized carbons (Fsp3) is 0.643. The number of hydrogen-bond donors (Lipinski definition) is 2. The minimum Gasteiger partial charge on any atom is -0.381 e. The summed E-state index contributed by atoms with van der Waals surface area (Å²) in [6, 6.07) is 1.74. The van der Waals surface area contributed by atoms with Gasteiger partial charge in [0.15, 0.2) is 0 Å². The van der Waals surface area contributed by atoms with E-state index in [1.165, 1.54) is 6.07 Å². The van der Waals surface area contributed by atoms with Gasteiger partial charge in [0, 0.05) is 18.2 Å². The fourth-order valence-corrected chi connectivity index (χ4v) is 1.57. The average molecular weight is 280 g/mol. The standard InChI is InChI=1S/C14H24N4O2/c1-9(2)11(5)17-13(19)8-18-14(20)6-12(7-15-18)16-10(3)4/h6-7,9-11,16H,8H2,1-5H3,(H,17,19). The molecule has 6 heteroatoms. The molecular weight excluding hydrogens is 256 g/mol. The van der Waals surface area contributed by atoms with Crippen LogP contribution in [0.4, 0.5) is 5.69 Å². The predicted molar refractivity (Wildman–Crippen MR) is 79.7 cm³/mol. The topological polar surface area (TPSA) is 76.0 Å². The highest BCUT2D eigenvalue weighted by Crippen LogP contribution is 2.02. The van der Waals surface area contributed by atoms with Gasteiger partial charge in [-0.1, -0.05) is 13.8 Å². The molecule has 0 aromatic carbocycles. The van der Waals surface area contributed by atoms with Crippen LogP contribution in [0.15, 0.2) is 17.1 Å². The molecule has 0 saturated heterocycles. The quantitative estimate of drug-likeness (QED) is 0.821. The van der Waals surface area contributed by atoms with Crippen LogP contribution in [0, 0.1) is 5.92 Å². The number of hydrogen-bond acceptors (Lipinski definition) is 4. The lowest BCUT2D eigenvalue weighted by atomic mass is 10.1. The minimum atomic E-state index is -0.289. The van der Waals surface area contributed by atoms with Gasteiger partial charge in [-0.25, -0.2) is 4.68 Å². The monoisotopic (exact) mass is 280 g/mol. The Labute approximate surface area is 119 Å². The Morgan fingerprint density at radius 2 is 1.95 bits per heavy atom. The Balaban J connectivity index is 2.69. The Kier molecular flexibility index (Phi) is 5.73. The summed E-state index contributed by atoms with van der Waals surface area (Å²) in [5.41, 5.74) is 0.375. The molecule has 0 spiro atoms. The van der Waals surface area contributed by atoms with Crippen LogP contribution in [0.3, 0.4) is 0 Å². The van der Waals surface area contributed by atoms with Crippen LogP contribution < -0.4 is 16.2 Å². The van der Waals surface area contributed by atoms with E-state index in [4.69, 9.17) is 0 Å². The van der Waals surface area contributed by atoms with Crippen molar-refractivity contribution in [3.8, 4) is 0 Å². The second-order valence-corrected chi connectivity index (χ2v) is 5.64. The molecule has 2 N–H and O–H groups in total. The summed E-state index contributed by atoms with van der Waals surface area (Å²) >= 11 is 0. The van der Waals surface area contributed by atoms with Crippen molar-refractivity contribution in [1.82, 2.24) is 15.1 Å². The second-order valence-electron chi connectivity index (χ2n) is 5.64. The van der Waals surface area contributed by atoms with Gasteiger partial charge in [-0.05, 0) is 26.7 Å². The molecule has 1 unspecified atom stereocenters. The van der Waals surface area contributed by atoms with Gasteiger partial charge in [0.2, 0.25) is 5.91 Å². The van der Waals surface area contributed by atoms with Crippen LogP contribution in [0.25, 0.3) is 0 Å². The lowest BCUT2D eigenvalue weighted by molar-refractivity contribution is -0.122. The van der Waals surface area contributed by atoms with E-state index >= 15 is 0 Å². The van der Waals surface area contributed by atoms with E-state index < -0.39 is 0 Å². The molecule has 0 radical (unpaired) electrons. The molecule has 1 amide bonds. The zero-order chi connectivity index (χ0) is 15.3. The van der Waals surface area contributed by atoms with Crippen LogP contribution >= 0.6 is 0 Å². The first-order chi connectivity index (χ1) is 9.29. The maximum Gasteiger partial charge on any atom is 0.269 e. The van der Waals surface area contributed by atoms with Crippen LogP contribution in [0.1, 0.15) is 34.6 Å². The molecule has 1 atom stereocenters. The van der Waals surface area contributed by atoms with Crippen molar-refractivity contribution in [3.05, 3.63) is 22.6 Å². The van der Waals surface area contributed by atoms with Gasteiger partial charge in [-0.15, -0.1) is 0 Å². The maximum atomic E-state index is 11.9. The molecule has 1 rings (SSSR count). The lowest BCUT2D eigenvalue weighted by Gasteiger charge is -2.17. The highest BCUT2D eigenvalue weighted by atomic mass is 16.2. The summed E-state index contributed by atoms with van der Waals surface area (Å²) in [6.45, 7) is 9.90. The van der Waals surface area contributed by atoms with Gasteiger partial charge in [-0.3, -0.25) is 9.59 Å². The predicted octanol–water partition coefficient (Wildman–Crippen LogP) is 1.22. The average Bonchev–Trinajstić information content (AvgIpc) is 2.31. The molecular formula is C14H24N4O2. The zero-order valence-corrected chi connectivity index (χ0v) is 12.8. The number of nitrogens with one attached hydrogen (secondary N) is 2. The molecule has 0 aliphatic rings. The number of amides is 1. The first-order valence-corrected chi connectivity index (χ1v) is 6.92. The molecule has 0 bridgehead atoms. The summed E-state index contributed by atoms with van der Waals surface area (Å²) in [6.07, 6.45) is 1.56. The second kappa shape index (κ2) is 7.07. The van der Waals surface area contributed by atoms with Crippen molar-refractivity contribution >= 4 is 11.6 Å². The van der Waals surface area contributed by atoms with E-state index in [9.17, 15) is 9.59 Å². The van der Waals surface area contributed by atoms with Gasteiger partial charge < -0.3 is 10.6 Å². The van der Waals surface area contributed by atoms with E-state index in [2.05, 4.69) is 15.7 Å². The van der Waals surface area contributed by atoms with Crippen molar-refractivity contribution in [1.29, 1.82) is 0 Å². The Morgan fingerprint density at radius 3 is 2.45 bits per heavy atom. The number of rotatable bonds is 6. The highest BCUT2D eigenvalue weighted by molar-refractivity contribution is 5.75. The normalized spacial score (nSPS) is 12.6. The van der Waals surface area contributed by atoms with Crippen molar-refractivity contribution in [2.75, 3.05) is 5.32 Å². The van der Waals surface area contributed by atoms with Crippen LogP contribution in [0.2, 0.25) is 0 Å². The molecule has 1 aromatic rings. The summed E-state index contributed by atoms with van der Waals surface area (Å²) < 4.78 is 1.16. The number of aromatic nitrogens is 2. The zero-order valence-electron chi connectivity index (χ0n) is 12.8. The molecule has 20 heavy (non-hydrogen) atoms. The van der Waals surface area contributed by atoms with E-state index in [0.29, 0.717) is 11.6 Å². The molecule has 0 aliphatic heterocycles. The fourth-order valence-electron chi connectivity index (χ4n) is 1.57. The van der Waals surface area contributed by atoms with Crippen LogP contribution in [-0.4, -0.2) is 27.8 Å². The molecule has 0 fully saturated rings. The SMILES string of the molecule is CC(C)Nc1cnn(CC(=O)NC(C)C(C)C)c(=O)c1. The first kappa shape index (κ1) is 16.2. The number of carbonyl (C=O) groups is 1. The first-order valence-electron chi connectivity index (χ1n) is 6.92. The third-order valence-corrected chi connectivity index (χ3v) is 3.01. The molecule has 6 nitrogen and oxygen atoms in total. The summed E-state index contributed by atoms with van der Waals surface area (Å²) in [7, 11) is 0. The van der Waals surface area contributed by atoms with Gasteiger partial charge >= 0.3 is 0 Å². The van der Waals surface area contributed by atoms with Crippen molar-refractivity contribution in [2.45, 2.75) is 53.2 Å². The highest BCUT2D eigenvalue weighted by Gasteiger charge is 2.12. The number of carbonyl (C=O) groups excluding carboxylic acids is 1. The lowest BCUT2D eigenvalue weighted by Crippen LogP contribution is -2.40. The van der Waals surface area contributed by atoms with Gasteiger partial charge in [-0.2, -0.15) is 5.10 Å². The molecule has 112 valence electrons. The molecule has 0 aliphatic carbocycles. The number of nitrogens with zero attached hydrogens (tertiary/aromatic N) is 2. The smallest absolute Gasteiger partial charge is 0.269 e. The minimum absolute atomic E-state index is 0.0577. The van der Waals surface area contributed by atoms with E-state index in [1.807, 2.05) is 34.6 Å². The van der Waals surface area contributed by atoms with Gasteiger partial charge in [0.05, 0.1) is 11.9 Å². The van der Waals surface area contributed by atoms with E-state index in [-0.39, 0.29) is 30.1 Å².